The molecule has 0 fully saturated rings. The van der Waals surface area contributed by atoms with Crippen LogP contribution in [0.5, 0.6) is 0 Å². The highest BCUT2D eigenvalue weighted by atomic mass is 16.4. The highest BCUT2D eigenvalue weighted by Gasteiger charge is 2.30. The number of nitrogens with one attached hydrogen (secondary N) is 6. The third kappa shape index (κ3) is 14.4. The van der Waals surface area contributed by atoms with Crippen molar-refractivity contribution in [3.8, 4) is 0 Å². The fourth-order valence-electron chi connectivity index (χ4n) is 3.82. The van der Waals surface area contributed by atoms with Crippen LogP contribution in [-0.2, 0) is 30.4 Å². The van der Waals surface area contributed by atoms with Gasteiger partial charge < -0.3 is 57.4 Å². The molecule has 1 aromatic rings. The number of carbonyl (C=O) groups excluding carboxylic acids is 5. The number of rotatable bonds is 20. The lowest BCUT2D eigenvalue weighted by Crippen LogP contribution is -2.53. The van der Waals surface area contributed by atoms with Gasteiger partial charge in [0, 0.05) is 25.9 Å². The summed E-state index contributed by atoms with van der Waals surface area (Å²) >= 11 is 0. The molecule has 0 heterocycles. The van der Waals surface area contributed by atoms with Gasteiger partial charge in [0.1, 0.15) is 24.4 Å². The summed E-state index contributed by atoms with van der Waals surface area (Å²) in [5.41, 5.74) is 0.763. The molecular weight excluding hydrogens is 568 g/mol. The molecule has 0 bridgehead atoms. The van der Waals surface area contributed by atoms with Crippen LogP contribution in [0.2, 0.25) is 0 Å². The molecule has 0 aromatic heterocycles. The van der Waals surface area contributed by atoms with Crippen LogP contribution in [0, 0.1) is 0 Å². The highest BCUT2D eigenvalue weighted by molar-refractivity contribution is 5.92. The van der Waals surface area contributed by atoms with Gasteiger partial charge in [0.05, 0.1) is 31.8 Å². The van der Waals surface area contributed by atoms with E-state index in [0.717, 1.165) is 5.56 Å². The number of amides is 5. The fraction of sp³-hybridized carbons (Fsp3) is 0.593. The molecule has 1 aromatic carbocycles. The van der Waals surface area contributed by atoms with Crippen molar-refractivity contribution in [2.75, 3.05) is 39.8 Å². The van der Waals surface area contributed by atoms with Crippen molar-refractivity contribution in [1.82, 2.24) is 31.9 Å². The quantitative estimate of drug-likeness (QED) is 0.0664. The summed E-state index contributed by atoms with van der Waals surface area (Å²) in [6.45, 7) is 0.0941. The van der Waals surface area contributed by atoms with Crippen molar-refractivity contribution in [2.45, 2.75) is 62.7 Å². The Morgan fingerprint density at radius 2 is 1.33 bits per heavy atom. The first kappa shape index (κ1) is 37.4. The third-order valence-corrected chi connectivity index (χ3v) is 6.31. The average molecular weight is 613 g/mol. The molecule has 0 unspecified atom stereocenters. The lowest BCUT2D eigenvalue weighted by Gasteiger charge is -2.25. The summed E-state index contributed by atoms with van der Waals surface area (Å²) in [5.74, 6) is -2.80. The molecule has 0 spiro atoms. The fourth-order valence-corrected chi connectivity index (χ4v) is 3.82. The van der Waals surface area contributed by atoms with Crippen molar-refractivity contribution in [1.29, 1.82) is 0 Å². The highest BCUT2D eigenvalue weighted by Crippen LogP contribution is 2.06. The first-order valence-corrected chi connectivity index (χ1v) is 13.9. The van der Waals surface area contributed by atoms with Gasteiger partial charge in [-0.2, -0.15) is 0 Å². The molecule has 0 radical (unpaired) electrons. The Morgan fingerprint density at radius 1 is 0.744 bits per heavy atom. The zero-order chi connectivity index (χ0) is 32.4. The zero-order valence-corrected chi connectivity index (χ0v) is 24.3. The average Bonchev–Trinajstić information content (AvgIpc) is 3.00. The molecule has 5 amide bonds. The Labute approximate surface area is 249 Å². The summed E-state index contributed by atoms with van der Waals surface area (Å²) in [7, 11) is 1.48. The molecular formula is C27H44N6O10. The molecule has 16 heteroatoms. The predicted molar refractivity (Wildman–Crippen MR) is 153 cm³/mol. The van der Waals surface area contributed by atoms with E-state index in [1.807, 2.05) is 0 Å². The summed E-state index contributed by atoms with van der Waals surface area (Å²) < 4.78 is 0. The van der Waals surface area contributed by atoms with Crippen molar-refractivity contribution in [3.05, 3.63) is 35.9 Å². The SMILES string of the molecule is CCNC(=O)CNC(=O)[C@H](Cc1ccccc1)NC(=O)CNC(=O)[C@H](CCC(=O)NC[C@H](O)[C@@H](O)[C@H](O)[C@H](O)CO)NC. The topological polar surface area (TPSA) is 259 Å². The molecule has 16 nitrogen and oxygen atoms in total. The Morgan fingerprint density at radius 3 is 1.91 bits per heavy atom. The van der Waals surface area contributed by atoms with E-state index in [2.05, 4.69) is 31.9 Å². The van der Waals surface area contributed by atoms with Crippen molar-refractivity contribution < 1.29 is 49.5 Å². The number of hydrogen-bond acceptors (Lipinski definition) is 11. The van der Waals surface area contributed by atoms with Crippen LogP contribution in [-0.4, -0.2) is 131 Å². The first-order valence-electron chi connectivity index (χ1n) is 13.9. The van der Waals surface area contributed by atoms with E-state index in [-0.39, 0.29) is 31.7 Å². The van der Waals surface area contributed by atoms with Gasteiger partial charge in [0.25, 0.3) is 0 Å². The van der Waals surface area contributed by atoms with Gasteiger partial charge in [-0.15, -0.1) is 0 Å². The van der Waals surface area contributed by atoms with Crippen LogP contribution < -0.4 is 31.9 Å². The number of likely N-dealkylation sites (N-methyl/N-ethyl adjacent to an activating group) is 2. The molecule has 6 atom stereocenters. The van der Waals surface area contributed by atoms with E-state index in [4.69, 9.17) is 5.11 Å². The Kier molecular flexibility index (Phi) is 17.6. The monoisotopic (exact) mass is 612 g/mol. The van der Waals surface area contributed by atoms with Crippen molar-refractivity contribution in [3.63, 3.8) is 0 Å². The molecule has 0 saturated carbocycles. The van der Waals surface area contributed by atoms with Crippen LogP contribution in [0.1, 0.15) is 25.3 Å². The van der Waals surface area contributed by atoms with Gasteiger partial charge in [-0.3, -0.25) is 24.0 Å². The predicted octanol–water partition coefficient (Wildman–Crippen LogP) is -5.00. The van der Waals surface area contributed by atoms with Crippen molar-refractivity contribution in [2.24, 2.45) is 0 Å². The van der Waals surface area contributed by atoms with Gasteiger partial charge in [-0.05, 0) is 26.0 Å². The maximum absolute atomic E-state index is 12.7. The minimum absolute atomic E-state index is 0.000845. The van der Waals surface area contributed by atoms with E-state index in [0.29, 0.717) is 6.54 Å². The van der Waals surface area contributed by atoms with E-state index < -0.39 is 79.8 Å². The van der Waals surface area contributed by atoms with Gasteiger partial charge in [-0.25, -0.2) is 0 Å². The number of aliphatic hydroxyl groups excluding tert-OH is 5. The van der Waals surface area contributed by atoms with Crippen LogP contribution in [0.4, 0.5) is 0 Å². The Balaban J connectivity index is 2.59. The van der Waals surface area contributed by atoms with Crippen molar-refractivity contribution >= 4 is 29.5 Å². The Bertz CT molecular complexity index is 1030. The van der Waals surface area contributed by atoms with E-state index >= 15 is 0 Å². The number of carbonyl (C=O) groups is 5. The molecule has 0 aliphatic carbocycles. The van der Waals surface area contributed by atoms with E-state index in [1.54, 1.807) is 37.3 Å². The second-order valence-electron chi connectivity index (χ2n) is 9.68. The van der Waals surface area contributed by atoms with Gasteiger partial charge in [0.15, 0.2) is 0 Å². The van der Waals surface area contributed by atoms with Crippen LogP contribution >= 0.6 is 0 Å². The largest absolute Gasteiger partial charge is 0.394 e. The van der Waals surface area contributed by atoms with Gasteiger partial charge in [-0.1, -0.05) is 30.3 Å². The molecule has 11 N–H and O–H groups in total. The second kappa shape index (κ2) is 20.3. The van der Waals surface area contributed by atoms with Crippen LogP contribution in [0.15, 0.2) is 30.3 Å². The molecule has 0 saturated heterocycles. The smallest absolute Gasteiger partial charge is 0.243 e. The molecule has 242 valence electrons. The van der Waals surface area contributed by atoms with Gasteiger partial charge >= 0.3 is 0 Å². The molecule has 0 aliphatic rings. The number of aliphatic hydroxyl groups is 5. The third-order valence-electron chi connectivity index (χ3n) is 6.31. The Hall–Kier alpha value is -3.67. The summed E-state index contributed by atoms with van der Waals surface area (Å²) in [6, 6.07) is 7.01. The zero-order valence-electron chi connectivity index (χ0n) is 24.3. The first-order chi connectivity index (χ1) is 20.4. The summed E-state index contributed by atoms with van der Waals surface area (Å²) in [6.07, 6.45) is -7.01. The van der Waals surface area contributed by atoms with E-state index in [1.165, 1.54) is 7.05 Å². The maximum Gasteiger partial charge on any atom is 0.243 e. The summed E-state index contributed by atoms with van der Waals surface area (Å²) in [4.78, 5) is 61.9. The number of hydrogen-bond donors (Lipinski definition) is 11. The second-order valence-corrected chi connectivity index (χ2v) is 9.68. The maximum atomic E-state index is 12.7. The van der Waals surface area contributed by atoms with E-state index in [9.17, 15) is 44.4 Å². The van der Waals surface area contributed by atoms with Crippen LogP contribution in [0.3, 0.4) is 0 Å². The minimum atomic E-state index is -1.83. The lowest BCUT2D eigenvalue weighted by molar-refractivity contribution is -0.131. The number of benzene rings is 1. The van der Waals surface area contributed by atoms with Crippen LogP contribution in [0.25, 0.3) is 0 Å². The minimum Gasteiger partial charge on any atom is -0.394 e. The lowest BCUT2D eigenvalue weighted by atomic mass is 10.0. The molecule has 0 aliphatic heterocycles. The summed E-state index contributed by atoms with van der Waals surface area (Å²) in [5, 5.41) is 62.6. The standard InChI is InChI=1S/C27H44N6O10/c1-3-29-22(38)13-31-27(43)18(11-16-7-5-4-6-8-16)33-23(39)14-32-26(42)17(28-2)9-10-21(37)30-12-19(35)24(40)25(41)20(36)15-34/h4-8,17-20,24-25,28,34-36,40-41H,3,9-15H2,1-2H3,(H,29,38)(H,30,37)(H,31,43)(H,32,42)(H,33,39)/t17-,18-,19-,20+,24+,25+/m0/s1. The van der Waals surface area contributed by atoms with Gasteiger partial charge in [0.2, 0.25) is 29.5 Å². The normalized spacial score (nSPS) is 15.1. The molecule has 1 rings (SSSR count). The molecule has 43 heavy (non-hydrogen) atoms.